The number of carbonyl (C=O) groups is 3. The number of aliphatic carboxylic acids is 1. The van der Waals surface area contributed by atoms with Gasteiger partial charge in [0, 0.05) is 25.7 Å². The van der Waals surface area contributed by atoms with Crippen molar-refractivity contribution in [1.82, 2.24) is 15.1 Å². The molecule has 0 fully saturated rings. The fourth-order valence-corrected chi connectivity index (χ4v) is 4.31. The zero-order valence-electron chi connectivity index (χ0n) is 19.7. The molecule has 0 saturated heterocycles. The summed E-state index contributed by atoms with van der Waals surface area (Å²) < 4.78 is 6.99. The lowest BCUT2D eigenvalue weighted by molar-refractivity contribution is -0.141. The Balaban J connectivity index is 1.36. The number of carboxylic acid groups (broad SMARTS) is 1. The van der Waals surface area contributed by atoms with E-state index in [1.165, 1.54) is 10.9 Å². The van der Waals surface area contributed by atoms with Crippen molar-refractivity contribution in [3.05, 3.63) is 71.5 Å². The minimum absolute atomic E-state index is 0.0623. The normalized spacial score (nSPS) is 13.0. The summed E-state index contributed by atoms with van der Waals surface area (Å²) in [5.41, 5.74) is 4.80. The van der Waals surface area contributed by atoms with Crippen LogP contribution in [0.4, 0.5) is 10.5 Å². The lowest BCUT2D eigenvalue weighted by Gasteiger charge is -2.14. The molecule has 4 rings (SSSR count). The molecule has 1 heterocycles. The second kappa shape index (κ2) is 10.4. The van der Waals surface area contributed by atoms with Gasteiger partial charge < -0.3 is 15.2 Å². The van der Waals surface area contributed by atoms with Crippen molar-refractivity contribution in [1.29, 1.82) is 0 Å². The molecule has 1 aliphatic rings. The first-order chi connectivity index (χ1) is 16.8. The largest absolute Gasteiger partial charge is 0.481 e. The van der Waals surface area contributed by atoms with Crippen LogP contribution in [-0.2, 0) is 16.6 Å². The Labute approximate surface area is 203 Å². The maximum absolute atomic E-state index is 12.6. The average Bonchev–Trinajstić information content (AvgIpc) is 3.37. The monoisotopic (exact) mass is 476 g/mol. The van der Waals surface area contributed by atoms with Gasteiger partial charge in [-0.2, -0.15) is 5.10 Å². The van der Waals surface area contributed by atoms with E-state index in [-0.39, 0.29) is 23.9 Å². The number of ether oxygens (including phenoxy) is 1. The van der Waals surface area contributed by atoms with Gasteiger partial charge in [0.2, 0.25) is 0 Å². The van der Waals surface area contributed by atoms with Crippen molar-refractivity contribution in [2.45, 2.75) is 25.7 Å². The van der Waals surface area contributed by atoms with Crippen LogP contribution in [0.5, 0.6) is 0 Å². The highest BCUT2D eigenvalue weighted by Gasteiger charge is 2.29. The number of benzene rings is 2. The summed E-state index contributed by atoms with van der Waals surface area (Å²) in [6.07, 6.45) is 1.82. The van der Waals surface area contributed by atoms with Gasteiger partial charge in [-0.3, -0.25) is 19.6 Å². The van der Waals surface area contributed by atoms with Gasteiger partial charge in [0.05, 0.1) is 11.6 Å². The Hall–Kier alpha value is -4.14. The van der Waals surface area contributed by atoms with Crippen molar-refractivity contribution >= 4 is 23.7 Å². The first kappa shape index (κ1) is 24.0. The zero-order chi connectivity index (χ0) is 24.9. The molecule has 3 aromatic rings. The zero-order valence-corrected chi connectivity index (χ0v) is 19.7. The maximum atomic E-state index is 12.6. The highest BCUT2D eigenvalue weighted by molar-refractivity contribution is 6.00. The number of nitrogens with zero attached hydrogens (tertiary/aromatic N) is 2. The maximum Gasteiger partial charge on any atom is 0.411 e. The number of carbonyl (C=O) groups excluding carboxylic acids is 2. The molecule has 182 valence electrons. The van der Waals surface area contributed by atoms with Crippen LogP contribution in [0, 0.1) is 5.92 Å². The Kier molecular flexibility index (Phi) is 7.14. The summed E-state index contributed by atoms with van der Waals surface area (Å²) in [5.74, 6) is -1.87. The first-order valence-electron chi connectivity index (χ1n) is 11.5. The molecule has 2 amide bonds. The van der Waals surface area contributed by atoms with E-state index in [1.54, 1.807) is 14.0 Å². The smallest absolute Gasteiger partial charge is 0.411 e. The molecule has 9 heteroatoms. The van der Waals surface area contributed by atoms with E-state index in [2.05, 4.69) is 27.9 Å². The van der Waals surface area contributed by atoms with Crippen LogP contribution in [0.2, 0.25) is 0 Å². The van der Waals surface area contributed by atoms with Crippen molar-refractivity contribution < 1.29 is 24.2 Å². The molecule has 1 atom stereocenters. The Morgan fingerprint density at radius 3 is 2.34 bits per heavy atom. The van der Waals surface area contributed by atoms with E-state index in [0.717, 1.165) is 22.3 Å². The predicted octanol–water partition coefficient (Wildman–Crippen LogP) is 4.01. The third-order valence-corrected chi connectivity index (χ3v) is 6.15. The number of hydrogen-bond acceptors (Lipinski definition) is 5. The molecular formula is C26H28N4O5. The Morgan fingerprint density at radius 2 is 1.71 bits per heavy atom. The van der Waals surface area contributed by atoms with Crippen LogP contribution in [-0.4, -0.2) is 46.0 Å². The summed E-state index contributed by atoms with van der Waals surface area (Å²) in [7, 11) is 1.65. The van der Waals surface area contributed by atoms with Crippen molar-refractivity contribution in [2.24, 2.45) is 13.0 Å². The highest BCUT2D eigenvalue weighted by atomic mass is 16.5. The standard InChI is InChI=1S/C26H28N4O5/c1-16(25(32)33)8-7-13-27-24(31)23-22(14-30(2)29-23)28-26(34)35-15-21-19-11-5-3-9-17(19)18-10-4-6-12-20(18)21/h3-6,9-12,14,16,21H,7-8,13,15H2,1-2H3,(H,27,31)(H,28,34)(H,32,33). The number of amides is 2. The number of carboxylic acids is 1. The number of hydrogen-bond donors (Lipinski definition) is 3. The first-order valence-corrected chi connectivity index (χ1v) is 11.5. The second-order valence-corrected chi connectivity index (χ2v) is 8.65. The van der Waals surface area contributed by atoms with Crippen LogP contribution in [0.1, 0.15) is 47.3 Å². The van der Waals surface area contributed by atoms with Gasteiger partial charge in [0.1, 0.15) is 6.61 Å². The number of aryl methyl sites for hydroxylation is 1. The van der Waals surface area contributed by atoms with Gasteiger partial charge in [-0.05, 0) is 35.1 Å². The Bertz CT molecular complexity index is 1210. The molecule has 0 bridgehead atoms. The molecule has 0 radical (unpaired) electrons. The van der Waals surface area contributed by atoms with Gasteiger partial charge >= 0.3 is 12.1 Å². The van der Waals surface area contributed by atoms with E-state index < -0.39 is 23.9 Å². The minimum Gasteiger partial charge on any atom is -0.481 e. The van der Waals surface area contributed by atoms with Gasteiger partial charge in [-0.15, -0.1) is 0 Å². The van der Waals surface area contributed by atoms with Crippen LogP contribution < -0.4 is 10.6 Å². The molecule has 2 aromatic carbocycles. The van der Waals surface area contributed by atoms with Crippen molar-refractivity contribution in [3.63, 3.8) is 0 Å². The lowest BCUT2D eigenvalue weighted by atomic mass is 9.98. The molecule has 0 saturated carbocycles. The topological polar surface area (TPSA) is 123 Å². The lowest BCUT2D eigenvalue weighted by Crippen LogP contribution is -2.27. The van der Waals surface area contributed by atoms with Crippen LogP contribution in [0.25, 0.3) is 11.1 Å². The summed E-state index contributed by atoms with van der Waals surface area (Å²) in [5, 5.41) is 18.4. The Morgan fingerprint density at radius 1 is 1.09 bits per heavy atom. The number of rotatable bonds is 9. The number of anilines is 1. The molecule has 0 spiro atoms. The summed E-state index contributed by atoms with van der Waals surface area (Å²) >= 11 is 0. The average molecular weight is 477 g/mol. The van der Waals surface area contributed by atoms with E-state index in [9.17, 15) is 14.4 Å². The minimum atomic E-state index is -0.865. The summed E-state index contributed by atoms with van der Waals surface area (Å²) in [6.45, 7) is 2.08. The van der Waals surface area contributed by atoms with Crippen molar-refractivity contribution in [3.8, 4) is 11.1 Å². The van der Waals surface area contributed by atoms with Gasteiger partial charge in [-0.1, -0.05) is 55.5 Å². The van der Waals surface area contributed by atoms with E-state index in [1.807, 2.05) is 36.4 Å². The summed E-state index contributed by atoms with van der Waals surface area (Å²) in [4.78, 5) is 36.1. The molecule has 0 aliphatic heterocycles. The predicted molar refractivity (Wildman–Crippen MR) is 130 cm³/mol. The van der Waals surface area contributed by atoms with Crippen molar-refractivity contribution in [2.75, 3.05) is 18.5 Å². The molecule has 35 heavy (non-hydrogen) atoms. The molecule has 9 nitrogen and oxygen atoms in total. The third-order valence-electron chi connectivity index (χ3n) is 6.15. The van der Waals surface area contributed by atoms with Gasteiger partial charge in [0.15, 0.2) is 5.69 Å². The molecular weight excluding hydrogens is 448 g/mol. The number of aromatic nitrogens is 2. The quantitative estimate of drug-likeness (QED) is 0.401. The van der Waals surface area contributed by atoms with Crippen LogP contribution in [0.3, 0.4) is 0 Å². The van der Waals surface area contributed by atoms with E-state index >= 15 is 0 Å². The summed E-state index contributed by atoms with van der Waals surface area (Å²) in [6, 6.07) is 16.2. The molecule has 1 unspecified atom stereocenters. The fourth-order valence-electron chi connectivity index (χ4n) is 4.31. The second-order valence-electron chi connectivity index (χ2n) is 8.65. The third kappa shape index (κ3) is 5.34. The van der Waals surface area contributed by atoms with Crippen LogP contribution >= 0.6 is 0 Å². The fraction of sp³-hybridized carbons (Fsp3) is 0.308. The van der Waals surface area contributed by atoms with E-state index in [4.69, 9.17) is 9.84 Å². The molecule has 3 N–H and O–H groups in total. The van der Waals surface area contributed by atoms with Gasteiger partial charge in [0.25, 0.3) is 5.91 Å². The van der Waals surface area contributed by atoms with E-state index in [0.29, 0.717) is 19.4 Å². The molecule has 1 aromatic heterocycles. The number of nitrogens with one attached hydrogen (secondary N) is 2. The molecule has 1 aliphatic carbocycles. The van der Waals surface area contributed by atoms with Gasteiger partial charge in [-0.25, -0.2) is 4.79 Å². The highest BCUT2D eigenvalue weighted by Crippen LogP contribution is 2.44. The number of fused-ring (bicyclic) bond motifs is 3. The van der Waals surface area contributed by atoms with Crippen LogP contribution in [0.15, 0.2) is 54.7 Å². The SMILES string of the molecule is CC(CCCNC(=O)c1nn(C)cc1NC(=O)OCC1c2ccccc2-c2ccccc21)C(=O)O.